The summed E-state index contributed by atoms with van der Waals surface area (Å²) in [6.07, 6.45) is -5.00. The van der Waals surface area contributed by atoms with Crippen LogP contribution < -0.4 is 15.4 Å². The molecule has 0 aromatic heterocycles. The summed E-state index contributed by atoms with van der Waals surface area (Å²) in [5.41, 5.74) is 0.586. The number of likely N-dealkylation sites (N-methyl/N-ethyl adjacent to an activating group) is 1. The van der Waals surface area contributed by atoms with Crippen molar-refractivity contribution in [2.24, 2.45) is 5.92 Å². The molecule has 1 aliphatic rings. The normalized spacial score (nSPS) is 21.3. The van der Waals surface area contributed by atoms with Crippen molar-refractivity contribution in [3.8, 4) is 5.75 Å². The zero-order valence-corrected chi connectivity index (χ0v) is 26.0. The van der Waals surface area contributed by atoms with E-state index >= 15 is 0 Å². The van der Waals surface area contributed by atoms with Crippen LogP contribution in [0.3, 0.4) is 0 Å². The first-order valence-electron chi connectivity index (χ1n) is 14.8. The van der Waals surface area contributed by atoms with Crippen LogP contribution in [0.5, 0.6) is 5.75 Å². The molecule has 13 heteroatoms. The first-order valence-corrected chi connectivity index (χ1v) is 14.8. The molecule has 0 aliphatic carbocycles. The van der Waals surface area contributed by atoms with E-state index in [0.29, 0.717) is 30.9 Å². The molecule has 0 spiro atoms. The molecular formula is C30H47F3N4O6. The van der Waals surface area contributed by atoms with Crippen LogP contribution in [0.15, 0.2) is 18.2 Å². The Hall–Kier alpha value is -3.06. The fourth-order valence-electron chi connectivity index (χ4n) is 4.70. The number of aliphatic hydroxyl groups is 1. The molecule has 1 heterocycles. The Morgan fingerprint density at radius 2 is 1.88 bits per heavy atom. The first kappa shape index (κ1) is 36.1. The first-order chi connectivity index (χ1) is 20.1. The molecule has 43 heavy (non-hydrogen) atoms. The minimum atomic E-state index is -4.43. The molecule has 0 saturated heterocycles. The third kappa shape index (κ3) is 12.2. The van der Waals surface area contributed by atoms with Crippen LogP contribution in [-0.4, -0.2) is 96.6 Å². The van der Waals surface area contributed by atoms with Crippen molar-refractivity contribution >= 4 is 23.5 Å². The lowest BCUT2D eigenvalue weighted by molar-refractivity contribution is -0.149. The molecule has 1 aliphatic heterocycles. The molecule has 4 atom stereocenters. The van der Waals surface area contributed by atoms with Crippen LogP contribution >= 0.6 is 0 Å². The number of nitrogens with one attached hydrogen (secondary N) is 2. The minimum absolute atomic E-state index is 0.0442. The van der Waals surface area contributed by atoms with Gasteiger partial charge in [-0.1, -0.05) is 6.92 Å². The largest absolute Gasteiger partial charge is 0.490 e. The zero-order chi connectivity index (χ0) is 32.3. The monoisotopic (exact) mass is 616 g/mol. The quantitative estimate of drug-likeness (QED) is 0.386. The fourth-order valence-corrected chi connectivity index (χ4v) is 4.70. The number of carbonyl (C=O) groups excluding carboxylic acids is 3. The minimum Gasteiger partial charge on any atom is -0.490 e. The molecule has 3 N–H and O–H groups in total. The van der Waals surface area contributed by atoms with Crippen molar-refractivity contribution in [1.29, 1.82) is 0 Å². The number of ether oxygens (including phenoxy) is 2. The van der Waals surface area contributed by atoms with E-state index in [1.165, 1.54) is 16.8 Å². The smallest absolute Gasteiger partial charge is 0.389 e. The molecule has 1 aromatic carbocycles. The maximum Gasteiger partial charge on any atom is 0.389 e. The summed E-state index contributed by atoms with van der Waals surface area (Å²) in [5.74, 6) is -1.10. The SMILES string of the molecule is CC(C)NC(=O)Nc1ccc2c(c1)C(=O)N([C@@H](C)CO)C[C@@H](C)[C@@H](CN(C)C(=O)CCC(F)(F)F)OCCCC[C@H](C)O2. The lowest BCUT2D eigenvalue weighted by atomic mass is 10.0. The van der Waals surface area contributed by atoms with E-state index in [-0.39, 0.29) is 43.3 Å². The summed E-state index contributed by atoms with van der Waals surface area (Å²) >= 11 is 0. The van der Waals surface area contributed by atoms with Gasteiger partial charge in [0.25, 0.3) is 5.91 Å². The van der Waals surface area contributed by atoms with E-state index in [9.17, 15) is 32.7 Å². The van der Waals surface area contributed by atoms with Crippen LogP contribution in [0.4, 0.5) is 23.7 Å². The van der Waals surface area contributed by atoms with Crippen LogP contribution in [-0.2, 0) is 9.53 Å². The topological polar surface area (TPSA) is 120 Å². The summed E-state index contributed by atoms with van der Waals surface area (Å²) < 4.78 is 50.4. The Kier molecular flexibility index (Phi) is 14.0. The van der Waals surface area contributed by atoms with Gasteiger partial charge in [0.2, 0.25) is 5.91 Å². The van der Waals surface area contributed by atoms with E-state index in [4.69, 9.17) is 9.47 Å². The van der Waals surface area contributed by atoms with Gasteiger partial charge >= 0.3 is 12.2 Å². The summed E-state index contributed by atoms with van der Waals surface area (Å²) in [4.78, 5) is 41.6. The Morgan fingerprint density at radius 1 is 1.19 bits per heavy atom. The lowest BCUT2D eigenvalue weighted by Crippen LogP contribution is -2.48. The zero-order valence-electron chi connectivity index (χ0n) is 26.0. The van der Waals surface area contributed by atoms with Gasteiger partial charge in [0, 0.05) is 50.8 Å². The Morgan fingerprint density at radius 3 is 2.51 bits per heavy atom. The molecular weight excluding hydrogens is 569 g/mol. The second kappa shape index (κ2) is 16.7. The molecule has 0 fully saturated rings. The number of fused-ring (bicyclic) bond motifs is 1. The molecule has 0 unspecified atom stereocenters. The van der Waals surface area contributed by atoms with Crippen LogP contribution in [0.1, 0.15) is 77.1 Å². The molecule has 244 valence electrons. The average molecular weight is 617 g/mol. The van der Waals surface area contributed by atoms with E-state index in [1.54, 1.807) is 25.1 Å². The number of alkyl halides is 3. The average Bonchev–Trinajstić information content (AvgIpc) is 2.92. The molecule has 4 amide bonds. The molecule has 2 rings (SSSR count). The summed E-state index contributed by atoms with van der Waals surface area (Å²) in [5, 5.41) is 15.5. The van der Waals surface area contributed by atoms with Crippen molar-refractivity contribution in [2.75, 3.05) is 38.7 Å². The van der Waals surface area contributed by atoms with Crippen LogP contribution in [0, 0.1) is 5.92 Å². The number of benzene rings is 1. The molecule has 1 aromatic rings. The summed E-state index contributed by atoms with van der Waals surface area (Å²) in [7, 11) is 1.44. The molecule has 10 nitrogen and oxygen atoms in total. The van der Waals surface area contributed by atoms with Crippen molar-refractivity contribution in [3.05, 3.63) is 23.8 Å². The van der Waals surface area contributed by atoms with E-state index in [2.05, 4.69) is 10.6 Å². The number of carbonyl (C=O) groups is 3. The van der Waals surface area contributed by atoms with Gasteiger partial charge in [-0.25, -0.2) is 4.79 Å². The van der Waals surface area contributed by atoms with Gasteiger partial charge in [-0.3, -0.25) is 9.59 Å². The number of anilines is 1. The standard InChI is InChI=1S/C30H47F3N4O6/c1-19(2)34-29(41)35-23-10-11-25-24(15-23)28(40)37(21(4)18-38)16-20(3)26(42-14-8-7-9-22(5)43-25)17-36(6)27(39)12-13-30(31,32)33/h10-11,15,19-22,26,38H,7-9,12-14,16-18H2,1-6H3,(H2,34,35,41)/t20-,21+,22+,26-/m1/s1. The maximum atomic E-state index is 14.1. The number of rotatable bonds is 8. The molecule has 0 bridgehead atoms. The van der Waals surface area contributed by atoms with Gasteiger partial charge in [-0.2, -0.15) is 13.2 Å². The second-order valence-corrected chi connectivity index (χ2v) is 11.7. The van der Waals surface area contributed by atoms with Gasteiger partial charge in [-0.15, -0.1) is 0 Å². The van der Waals surface area contributed by atoms with E-state index in [0.717, 1.165) is 6.42 Å². The number of hydrogen-bond acceptors (Lipinski definition) is 6. The van der Waals surface area contributed by atoms with Crippen LogP contribution in [0.2, 0.25) is 0 Å². The molecule has 0 saturated carbocycles. The lowest BCUT2D eigenvalue weighted by Gasteiger charge is -2.36. The van der Waals surface area contributed by atoms with Crippen molar-refractivity contribution < 1.29 is 42.1 Å². The van der Waals surface area contributed by atoms with Gasteiger partial charge in [0.05, 0.1) is 36.8 Å². The van der Waals surface area contributed by atoms with Crippen molar-refractivity contribution in [1.82, 2.24) is 15.1 Å². The number of halogens is 3. The van der Waals surface area contributed by atoms with Gasteiger partial charge in [0.15, 0.2) is 0 Å². The number of amides is 4. The van der Waals surface area contributed by atoms with E-state index < -0.39 is 49.0 Å². The van der Waals surface area contributed by atoms with Gasteiger partial charge in [-0.05, 0) is 65.2 Å². The predicted molar refractivity (Wildman–Crippen MR) is 157 cm³/mol. The summed E-state index contributed by atoms with van der Waals surface area (Å²) in [6.45, 7) is 9.26. The van der Waals surface area contributed by atoms with Crippen molar-refractivity contribution in [3.63, 3.8) is 0 Å². The van der Waals surface area contributed by atoms with Crippen LogP contribution in [0.25, 0.3) is 0 Å². The number of aliphatic hydroxyl groups excluding tert-OH is 1. The number of urea groups is 1. The number of nitrogens with zero attached hydrogens (tertiary/aromatic N) is 2. The highest BCUT2D eigenvalue weighted by molar-refractivity contribution is 5.99. The Balaban J connectivity index is 2.40. The third-order valence-corrected chi connectivity index (χ3v) is 7.23. The highest BCUT2D eigenvalue weighted by atomic mass is 19.4. The number of hydrogen-bond donors (Lipinski definition) is 3. The van der Waals surface area contributed by atoms with Crippen molar-refractivity contribution in [2.45, 2.75) is 97.2 Å². The highest BCUT2D eigenvalue weighted by Crippen LogP contribution is 2.29. The van der Waals surface area contributed by atoms with Gasteiger partial charge in [0.1, 0.15) is 5.75 Å². The maximum absolute atomic E-state index is 14.1. The second-order valence-electron chi connectivity index (χ2n) is 11.7. The predicted octanol–water partition coefficient (Wildman–Crippen LogP) is 4.81. The summed E-state index contributed by atoms with van der Waals surface area (Å²) in [6, 6.07) is 3.69. The fraction of sp³-hybridized carbons (Fsp3) is 0.700. The van der Waals surface area contributed by atoms with Gasteiger partial charge < -0.3 is 35.0 Å². The highest BCUT2D eigenvalue weighted by Gasteiger charge is 2.32. The molecule has 0 radical (unpaired) electrons. The Labute approximate surface area is 252 Å². The van der Waals surface area contributed by atoms with E-state index in [1.807, 2.05) is 27.7 Å². The third-order valence-electron chi connectivity index (χ3n) is 7.23. The Bertz CT molecular complexity index is 1070.